The molecule has 1 N–H and O–H groups in total. The van der Waals surface area contributed by atoms with E-state index in [1.807, 2.05) is 17.0 Å². The van der Waals surface area contributed by atoms with E-state index in [9.17, 15) is 4.79 Å². The van der Waals surface area contributed by atoms with Gasteiger partial charge >= 0.3 is 0 Å². The Bertz CT molecular complexity index is 372. The number of pyridine rings is 1. The largest absolute Gasteiger partial charge is 0.331 e. The molecule has 1 aromatic heterocycles. The van der Waals surface area contributed by atoms with Crippen LogP contribution >= 0.6 is 0 Å². The standard InChI is InChI=1S/C13H19N3O/c1-10(2)16(11-6-8-14-9-11)13(17)12-5-3-4-7-15-12/h3-5,7,10-11,14H,6,8-9H2,1-2H3. The first-order valence-electron chi connectivity index (χ1n) is 6.14. The van der Waals surface area contributed by atoms with Gasteiger partial charge < -0.3 is 10.2 Å². The predicted octanol–water partition coefficient (Wildman–Crippen LogP) is 1.29. The summed E-state index contributed by atoms with van der Waals surface area (Å²) in [6.45, 7) is 5.98. The van der Waals surface area contributed by atoms with Gasteiger partial charge in [0.15, 0.2) is 0 Å². The smallest absolute Gasteiger partial charge is 0.272 e. The van der Waals surface area contributed by atoms with Crippen LogP contribution in [0.15, 0.2) is 24.4 Å². The van der Waals surface area contributed by atoms with Crippen LogP contribution in [0.3, 0.4) is 0 Å². The molecule has 1 atom stereocenters. The van der Waals surface area contributed by atoms with E-state index < -0.39 is 0 Å². The van der Waals surface area contributed by atoms with Gasteiger partial charge in [0.25, 0.3) is 5.91 Å². The lowest BCUT2D eigenvalue weighted by atomic mass is 10.1. The lowest BCUT2D eigenvalue weighted by Crippen LogP contribution is -2.46. The average Bonchev–Trinajstić information content (AvgIpc) is 2.83. The van der Waals surface area contributed by atoms with E-state index in [2.05, 4.69) is 24.1 Å². The maximum absolute atomic E-state index is 12.4. The van der Waals surface area contributed by atoms with Crippen LogP contribution in [0, 0.1) is 0 Å². The van der Waals surface area contributed by atoms with E-state index >= 15 is 0 Å². The second-order valence-corrected chi connectivity index (χ2v) is 4.67. The Morgan fingerprint density at radius 2 is 2.35 bits per heavy atom. The molecule has 0 saturated carbocycles. The molecule has 0 radical (unpaired) electrons. The zero-order valence-corrected chi connectivity index (χ0v) is 10.4. The Labute approximate surface area is 102 Å². The van der Waals surface area contributed by atoms with E-state index in [4.69, 9.17) is 0 Å². The lowest BCUT2D eigenvalue weighted by Gasteiger charge is -2.32. The highest BCUT2D eigenvalue weighted by Crippen LogP contribution is 2.15. The fourth-order valence-electron chi connectivity index (χ4n) is 2.32. The number of nitrogens with one attached hydrogen (secondary N) is 1. The Morgan fingerprint density at radius 3 is 2.88 bits per heavy atom. The maximum atomic E-state index is 12.4. The van der Waals surface area contributed by atoms with Crippen LogP contribution in [-0.2, 0) is 0 Å². The molecule has 1 fully saturated rings. The maximum Gasteiger partial charge on any atom is 0.272 e. The van der Waals surface area contributed by atoms with Crippen LogP contribution in [0.5, 0.6) is 0 Å². The molecule has 0 spiro atoms. The molecule has 2 heterocycles. The van der Waals surface area contributed by atoms with Gasteiger partial charge in [0.2, 0.25) is 0 Å². The summed E-state index contributed by atoms with van der Waals surface area (Å²) in [5, 5.41) is 3.30. The van der Waals surface area contributed by atoms with Crippen LogP contribution < -0.4 is 5.32 Å². The highest BCUT2D eigenvalue weighted by Gasteiger charge is 2.29. The summed E-state index contributed by atoms with van der Waals surface area (Å²) in [5.74, 6) is 0.0364. The lowest BCUT2D eigenvalue weighted by molar-refractivity contribution is 0.0620. The quantitative estimate of drug-likeness (QED) is 0.855. The molecule has 0 bridgehead atoms. The van der Waals surface area contributed by atoms with Gasteiger partial charge in [-0.15, -0.1) is 0 Å². The third kappa shape index (κ3) is 2.64. The van der Waals surface area contributed by atoms with Gasteiger partial charge in [0, 0.05) is 24.8 Å². The number of nitrogens with zero attached hydrogens (tertiary/aromatic N) is 2. The van der Waals surface area contributed by atoms with Gasteiger partial charge in [-0.2, -0.15) is 0 Å². The van der Waals surface area contributed by atoms with Crippen molar-refractivity contribution in [2.24, 2.45) is 0 Å². The minimum Gasteiger partial charge on any atom is -0.331 e. The summed E-state index contributed by atoms with van der Waals surface area (Å²) < 4.78 is 0. The van der Waals surface area contributed by atoms with Crippen molar-refractivity contribution < 1.29 is 4.79 Å². The zero-order chi connectivity index (χ0) is 12.3. The topological polar surface area (TPSA) is 45.2 Å². The van der Waals surface area contributed by atoms with E-state index in [-0.39, 0.29) is 11.9 Å². The first-order valence-corrected chi connectivity index (χ1v) is 6.14. The molecule has 0 aromatic carbocycles. The van der Waals surface area contributed by atoms with Crippen LogP contribution in [-0.4, -0.2) is 41.0 Å². The molecule has 1 saturated heterocycles. The molecular formula is C13H19N3O. The Kier molecular flexibility index (Phi) is 3.74. The first-order chi connectivity index (χ1) is 8.20. The molecule has 1 unspecified atom stereocenters. The van der Waals surface area contributed by atoms with Crippen LogP contribution in [0.25, 0.3) is 0 Å². The summed E-state index contributed by atoms with van der Waals surface area (Å²) in [6, 6.07) is 5.96. The van der Waals surface area contributed by atoms with Gasteiger partial charge in [-0.25, -0.2) is 0 Å². The number of carbonyl (C=O) groups excluding carboxylic acids is 1. The number of hydrogen-bond donors (Lipinski definition) is 1. The average molecular weight is 233 g/mol. The van der Waals surface area contributed by atoms with Crippen molar-refractivity contribution in [2.75, 3.05) is 13.1 Å². The second-order valence-electron chi connectivity index (χ2n) is 4.67. The summed E-state index contributed by atoms with van der Waals surface area (Å²) in [6.07, 6.45) is 2.69. The fraction of sp³-hybridized carbons (Fsp3) is 0.538. The Balaban J connectivity index is 2.19. The van der Waals surface area contributed by atoms with Crippen molar-refractivity contribution in [3.8, 4) is 0 Å². The third-order valence-corrected chi connectivity index (χ3v) is 3.10. The Morgan fingerprint density at radius 1 is 1.53 bits per heavy atom. The van der Waals surface area contributed by atoms with E-state index in [1.54, 1.807) is 12.3 Å². The number of carbonyl (C=O) groups is 1. The number of hydrogen-bond acceptors (Lipinski definition) is 3. The van der Waals surface area contributed by atoms with Crippen molar-refractivity contribution in [1.29, 1.82) is 0 Å². The van der Waals surface area contributed by atoms with Crippen molar-refractivity contribution in [3.63, 3.8) is 0 Å². The third-order valence-electron chi connectivity index (χ3n) is 3.10. The van der Waals surface area contributed by atoms with Crippen LogP contribution in [0.2, 0.25) is 0 Å². The first kappa shape index (κ1) is 12.0. The van der Waals surface area contributed by atoms with Crippen molar-refractivity contribution in [3.05, 3.63) is 30.1 Å². The van der Waals surface area contributed by atoms with Crippen molar-refractivity contribution in [2.45, 2.75) is 32.4 Å². The van der Waals surface area contributed by atoms with Gasteiger partial charge in [0.05, 0.1) is 0 Å². The van der Waals surface area contributed by atoms with Crippen molar-refractivity contribution >= 4 is 5.91 Å². The molecule has 2 rings (SSSR count). The van der Waals surface area contributed by atoms with Gasteiger partial charge in [-0.3, -0.25) is 9.78 Å². The van der Waals surface area contributed by atoms with Crippen molar-refractivity contribution in [1.82, 2.24) is 15.2 Å². The summed E-state index contributed by atoms with van der Waals surface area (Å²) in [4.78, 5) is 18.5. The minimum atomic E-state index is 0.0364. The summed E-state index contributed by atoms with van der Waals surface area (Å²) in [7, 11) is 0. The molecule has 0 aliphatic carbocycles. The summed E-state index contributed by atoms with van der Waals surface area (Å²) >= 11 is 0. The Hall–Kier alpha value is -1.42. The van der Waals surface area contributed by atoms with E-state index in [1.165, 1.54) is 0 Å². The second kappa shape index (κ2) is 5.27. The molecule has 1 aliphatic rings. The molecule has 92 valence electrons. The highest BCUT2D eigenvalue weighted by atomic mass is 16.2. The summed E-state index contributed by atoms with van der Waals surface area (Å²) in [5.41, 5.74) is 0.535. The predicted molar refractivity (Wildman–Crippen MR) is 66.8 cm³/mol. The SMILES string of the molecule is CC(C)N(C(=O)c1ccccn1)C1CCNC1. The molecular weight excluding hydrogens is 214 g/mol. The number of amides is 1. The van der Waals surface area contributed by atoms with Gasteiger partial charge in [-0.05, 0) is 38.9 Å². The fourth-order valence-corrected chi connectivity index (χ4v) is 2.32. The van der Waals surface area contributed by atoms with Gasteiger partial charge in [0.1, 0.15) is 5.69 Å². The molecule has 4 nitrogen and oxygen atoms in total. The molecule has 17 heavy (non-hydrogen) atoms. The molecule has 4 heteroatoms. The van der Waals surface area contributed by atoms with E-state index in [0.717, 1.165) is 19.5 Å². The minimum absolute atomic E-state index is 0.0364. The van der Waals surface area contributed by atoms with Gasteiger partial charge in [-0.1, -0.05) is 6.07 Å². The molecule has 1 aromatic rings. The van der Waals surface area contributed by atoms with Crippen LogP contribution in [0.4, 0.5) is 0 Å². The highest BCUT2D eigenvalue weighted by molar-refractivity contribution is 5.92. The number of rotatable bonds is 3. The zero-order valence-electron chi connectivity index (χ0n) is 10.4. The monoisotopic (exact) mass is 233 g/mol. The normalized spacial score (nSPS) is 19.6. The number of aromatic nitrogens is 1. The molecule has 1 amide bonds. The van der Waals surface area contributed by atoms with E-state index in [0.29, 0.717) is 11.7 Å². The molecule has 1 aliphatic heterocycles. The van der Waals surface area contributed by atoms with Crippen LogP contribution in [0.1, 0.15) is 30.8 Å².